The molecule has 0 unspecified atom stereocenters. The van der Waals surface area contributed by atoms with Gasteiger partial charge in [0.05, 0.1) is 30.6 Å². The van der Waals surface area contributed by atoms with E-state index < -0.39 is 0 Å². The van der Waals surface area contributed by atoms with Gasteiger partial charge in [-0.3, -0.25) is 4.79 Å². The van der Waals surface area contributed by atoms with Crippen LogP contribution in [0, 0.1) is 0 Å². The van der Waals surface area contributed by atoms with Crippen LogP contribution >= 0.6 is 0 Å². The van der Waals surface area contributed by atoms with E-state index >= 15 is 0 Å². The zero-order chi connectivity index (χ0) is 18.9. The molecule has 140 valence electrons. The third-order valence-corrected chi connectivity index (χ3v) is 4.99. The molecule has 1 N–H and O–H groups in total. The van der Waals surface area contributed by atoms with Crippen LogP contribution < -0.4 is 10.3 Å². The molecule has 0 amide bonds. The van der Waals surface area contributed by atoms with E-state index in [1.807, 2.05) is 54.7 Å². The third kappa shape index (κ3) is 2.95. The van der Waals surface area contributed by atoms with E-state index in [1.165, 1.54) is 0 Å². The topological polar surface area (TPSA) is 76.0 Å². The van der Waals surface area contributed by atoms with Crippen molar-refractivity contribution in [3.8, 4) is 16.9 Å². The fourth-order valence-electron chi connectivity index (χ4n) is 3.54. The molecule has 0 bridgehead atoms. The number of benzene rings is 2. The SMILES string of the molecule is O=c1cc(N2CCOCC2)[nH]c2c(-c3cn(-c4ccccc4)nn3)cccc12. The number of hydrogen-bond acceptors (Lipinski definition) is 5. The van der Waals surface area contributed by atoms with Crippen molar-refractivity contribution in [3.63, 3.8) is 0 Å². The number of nitrogens with one attached hydrogen (secondary N) is 1. The van der Waals surface area contributed by atoms with E-state index in [4.69, 9.17) is 4.74 Å². The van der Waals surface area contributed by atoms with E-state index in [1.54, 1.807) is 10.7 Å². The molecule has 0 saturated carbocycles. The lowest BCUT2D eigenvalue weighted by Crippen LogP contribution is -2.37. The highest BCUT2D eigenvalue weighted by molar-refractivity contribution is 5.93. The van der Waals surface area contributed by atoms with Crippen molar-refractivity contribution in [2.75, 3.05) is 31.2 Å². The van der Waals surface area contributed by atoms with Gasteiger partial charge in [-0.05, 0) is 18.2 Å². The average molecular weight is 373 g/mol. The van der Waals surface area contributed by atoms with Crippen molar-refractivity contribution in [1.82, 2.24) is 20.0 Å². The van der Waals surface area contributed by atoms with Gasteiger partial charge in [0.2, 0.25) is 0 Å². The second-order valence-corrected chi connectivity index (χ2v) is 6.73. The maximum absolute atomic E-state index is 12.7. The van der Waals surface area contributed by atoms with Gasteiger partial charge in [-0.25, -0.2) is 4.68 Å². The molecule has 0 spiro atoms. The molecule has 1 fully saturated rings. The Balaban J connectivity index is 1.62. The summed E-state index contributed by atoms with van der Waals surface area (Å²) in [6, 6.07) is 17.2. The van der Waals surface area contributed by atoms with Gasteiger partial charge in [0.1, 0.15) is 11.5 Å². The van der Waals surface area contributed by atoms with Crippen LogP contribution in [0.1, 0.15) is 0 Å². The van der Waals surface area contributed by atoms with Gasteiger partial charge < -0.3 is 14.6 Å². The number of para-hydroxylation sites is 2. The summed E-state index contributed by atoms with van der Waals surface area (Å²) in [6.45, 7) is 2.84. The highest BCUT2D eigenvalue weighted by Gasteiger charge is 2.16. The van der Waals surface area contributed by atoms with E-state index in [0.717, 1.165) is 35.7 Å². The van der Waals surface area contributed by atoms with Crippen LogP contribution in [0.4, 0.5) is 5.82 Å². The van der Waals surface area contributed by atoms with Gasteiger partial charge in [0.15, 0.2) is 5.43 Å². The predicted molar refractivity (Wildman–Crippen MR) is 108 cm³/mol. The number of ether oxygens (including phenoxy) is 1. The van der Waals surface area contributed by atoms with Crippen LogP contribution in [-0.4, -0.2) is 46.3 Å². The normalized spacial score (nSPS) is 14.5. The molecule has 7 heteroatoms. The van der Waals surface area contributed by atoms with Crippen molar-refractivity contribution in [2.45, 2.75) is 0 Å². The number of aromatic nitrogens is 4. The van der Waals surface area contributed by atoms with Gasteiger partial charge in [0, 0.05) is 30.1 Å². The Labute approximate surface area is 161 Å². The van der Waals surface area contributed by atoms with Crippen LogP contribution in [0.2, 0.25) is 0 Å². The number of morpholine rings is 1. The number of fused-ring (bicyclic) bond motifs is 1. The predicted octanol–water partition coefficient (Wildman–Crippen LogP) is 2.61. The highest BCUT2D eigenvalue weighted by Crippen LogP contribution is 2.26. The summed E-state index contributed by atoms with van der Waals surface area (Å²) in [5, 5.41) is 9.24. The number of nitrogens with zero attached hydrogens (tertiary/aromatic N) is 4. The van der Waals surface area contributed by atoms with Crippen molar-refractivity contribution in [2.24, 2.45) is 0 Å². The van der Waals surface area contributed by atoms with E-state index in [9.17, 15) is 4.79 Å². The molecule has 7 nitrogen and oxygen atoms in total. The summed E-state index contributed by atoms with van der Waals surface area (Å²) in [5.74, 6) is 0.809. The summed E-state index contributed by atoms with van der Waals surface area (Å²) < 4.78 is 7.16. The van der Waals surface area contributed by atoms with E-state index in [0.29, 0.717) is 24.3 Å². The van der Waals surface area contributed by atoms with Crippen molar-refractivity contribution in [1.29, 1.82) is 0 Å². The molecule has 1 saturated heterocycles. The second kappa shape index (κ2) is 6.94. The van der Waals surface area contributed by atoms with Crippen molar-refractivity contribution < 1.29 is 4.74 Å². The highest BCUT2D eigenvalue weighted by atomic mass is 16.5. The van der Waals surface area contributed by atoms with Gasteiger partial charge >= 0.3 is 0 Å². The molecule has 3 heterocycles. The quantitative estimate of drug-likeness (QED) is 0.597. The smallest absolute Gasteiger partial charge is 0.191 e. The maximum Gasteiger partial charge on any atom is 0.191 e. The van der Waals surface area contributed by atoms with Crippen molar-refractivity contribution >= 4 is 16.7 Å². The molecule has 1 aliphatic rings. The van der Waals surface area contributed by atoms with Gasteiger partial charge in [-0.15, -0.1) is 5.10 Å². The molecular weight excluding hydrogens is 354 g/mol. The molecule has 2 aromatic carbocycles. The lowest BCUT2D eigenvalue weighted by atomic mass is 10.1. The van der Waals surface area contributed by atoms with Crippen LogP contribution in [0.3, 0.4) is 0 Å². The van der Waals surface area contributed by atoms with Gasteiger partial charge in [-0.1, -0.05) is 35.5 Å². The van der Waals surface area contributed by atoms with Gasteiger partial charge in [-0.2, -0.15) is 0 Å². The lowest BCUT2D eigenvalue weighted by Gasteiger charge is -2.28. The minimum Gasteiger partial charge on any atom is -0.378 e. The Morgan fingerprint density at radius 3 is 2.64 bits per heavy atom. The second-order valence-electron chi connectivity index (χ2n) is 6.73. The fourth-order valence-corrected chi connectivity index (χ4v) is 3.54. The third-order valence-electron chi connectivity index (χ3n) is 4.99. The average Bonchev–Trinajstić information content (AvgIpc) is 3.25. The summed E-state index contributed by atoms with van der Waals surface area (Å²) in [4.78, 5) is 18.3. The monoisotopic (exact) mass is 373 g/mol. The minimum atomic E-state index is -0.00690. The fraction of sp³-hybridized carbons (Fsp3) is 0.190. The number of rotatable bonds is 3. The van der Waals surface area contributed by atoms with Crippen molar-refractivity contribution in [3.05, 3.63) is 71.0 Å². The summed E-state index contributed by atoms with van der Waals surface area (Å²) in [6.07, 6.45) is 1.88. The van der Waals surface area contributed by atoms with E-state index in [-0.39, 0.29) is 5.43 Å². The van der Waals surface area contributed by atoms with Crippen LogP contribution in [0.5, 0.6) is 0 Å². The number of hydrogen-bond donors (Lipinski definition) is 1. The summed E-state index contributed by atoms with van der Waals surface area (Å²) in [5.41, 5.74) is 3.27. The zero-order valence-corrected chi connectivity index (χ0v) is 15.2. The molecule has 0 atom stereocenters. The Bertz CT molecular complexity index is 1180. The lowest BCUT2D eigenvalue weighted by molar-refractivity contribution is 0.122. The molecule has 2 aromatic heterocycles. The first kappa shape index (κ1) is 16.7. The maximum atomic E-state index is 12.7. The molecule has 4 aromatic rings. The van der Waals surface area contributed by atoms with Crippen LogP contribution in [-0.2, 0) is 4.74 Å². The number of aromatic amines is 1. The van der Waals surface area contributed by atoms with Crippen LogP contribution in [0.25, 0.3) is 27.8 Å². The Kier molecular flexibility index (Phi) is 4.14. The molecular formula is C21H19N5O2. The largest absolute Gasteiger partial charge is 0.378 e. The minimum absolute atomic E-state index is 0.00690. The first-order valence-electron chi connectivity index (χ1n) is 9.26. The standard InChI is InChI=1S/C21H19N5O2/c27-19-13-20(25-9-11-28-12-10-25)22-21-16(7-4-8-17(19)21)18-14-26(24-23-18)15-5-2-1-3-6-15/h1-8,13-14H,9-12H2,(H,22,27). The molecule has 28 heavy (non-hydrogen) atoms. The van der Waals surface area contributed by atoms with Crippen LogP contribution in [0.15, 0.2) is 65.6 Å². The summed E-state index contributed by atoms with van der Waals surface area (Å²) >= 11 is 0. The molecule has 0 aliphatic carbocycles. The molecule has 0 radical (unpaired) electrons. The number of anilines is 1. The summed E-state index contributed by atoms with van der Waals surface area (Å²) in [7, 11) is 0. The molecule has 1 aliphatic heterocycles. The van der Waals surface area contributed by atoms with E-state index in [2.05, 4.69) is 20.2 Å². The Morgan fingerprint density at radius 2 is 1.82 bits per heavy atom. The number of pyridine rings is 1. The molecule has 5 rings (SSSR count). The first-order valence-corrected chi connectivity index (χ1v) is 9.26. The zero-order valence-electron chi connectivity index (χ0n) is 15.2. The first-order chi connectivity index (χ1) is 13.8. The Hall–Kier alpha value is -3.45. The number of H-pyrrole nitrogens is 1. The Morgan fingerprint density at radius 1 is 1.00 bits per heavy atom. The van der Waals surface area contributed by atoms with Gasteiger partial charge in [0.25, 0.3) is 0 Å².